The lowest BCUT2D eigenvalue weighted by Gasteiger charge is -2.21. The Hall–Kier alpha value is -1.94. The molecular formula is C64H124O17P2. The third kappa shape index (κ3) is 57.6. The number of phosphoric ester groups is 2. The van der Waals surface area contributed by atoms with E-state index in [2.05, 4.69) is 55.4 Å². The molecule has 0 amide bonds. The molecule has 492 valence electrons. The molecule has 19 heteroatoms. The van der Waals surface area contributed by atoms with Gasteiger partial charge in [-0.25, -0.2) is 9.13 Å². The second-order valence-electron chi connectivity index (χ2n) is 24.8. The standard InChI is InChI=1S/C64H124O17P2/c1-9-57(8)43-35-27-22-23-29-37-45-62(67)75-51-60(81-64(69)47-39-31-20-14-13-17-25-33-41-55(4)5)53-79-83(72,73)77-49-58(65)48-76-82(70,71)78-52-59(50-74-61(66)44-36-28-21-15-18-26-34-42-56(6)7)80-63(68)46-38-30-19-12-10-11-16-24-32-40-54(2)3/h54-60,65H,9-53H2,1-8H3,(H,70,71)(H,72,73)/t57?,58-,59-,60-/m1/s1. The van der Waals surface area contributed by atoms with E-state index in [0.29, 0.717) is 31.6 Å². The Morgan fingerprint density at radius 1 is 0.337 bits per heavy atom. The number of unbranched alkanes of at least 4 members (excludes halogenated alkanes) is 26. The molecule has 0 aromatic heterocycles. The second kappa shape index (κ2) is 54.2. The molecule has 0 spiro atoms. The maximum atomic E-state index is 13.0. The first-order valence-corrected chi connectivity index (χ1v) is 36.2. The van der Waals surface area contributed by atoms with Gasteiger partial charge in [-0.2, -0.15) is 0 Å². The van der Waals surface area contributed by atoms with Crippen molar-refractivity contribution in [1.82, 2.24) is 0 Å². The van der Waals surface area contributed by atoms with Crippen LogP contribution in [0, 0.1) is 23.7 Å². The van der Waals surface area contributed by atoms with Gasteiger partial charge in [-0.1, -0.05) is 254 Å². The minimum Gasteiger partial charge on any atom is -0.462 e. The molecule has 0 saturated carbocycles. The predicted molar refractivity (Wildman–Crippen MR) is 331 cm³/mol. The van der Waals surface area contributed by atoms with Gasteiger partial charge in [-0.15, -0.1) is 0 Å². The Kier molecular flexibility index (Phi) is 53.0. The molecule has 6 atom stereocenters. The highest BCUT2D eigenvalue weighted by Gasteiger charge is 2.30. The van der Waals surface area contributed by atoms with E-state index >= 15 is 0 Å². The van der Waals surface area contributed by atoms with E-state index in [1.165, 1.54) is 96.3 Å². The molecule has 0 aliphatic heterocycles. The first kappa shape index (κ1) is 81.1. The predicted octanol–water partition coefficient (Wildman–Crippen LogP) is 17.4. The normalized spacial score (nSPS) is 14.8. The van der Waals surface area contributed by atoms with Crippen LogP contribution in [0.15, 0.2) is 0 Å². The fraction of sp³-hybridized carbons (Fsp3) is 0.938. The van der Waals surface area contributed by atoms with Gasteiger partial charge in [0.1, 0.15) is 19.3 Å². The molecule has 83 heavy (non-hydrogen) atoms. The van der Waals surface area contributed by atoms with E-state index in [0.717, 1.165) is 120 Å². The van der Waals surface area contributed by atoms with E-state index in [1.54, 1.807) is 0 Å². The van der Waals surface area contributed by atoms with Gasteiger partial charge < -0.3 is 33.8 Å². The minimum atomic E-state index is -4.95. The van der Waals surface area contributed by atoms with E-state index < -0.39 is 97.5 Å². The summed E-state index contributed by atoms with van der Waals surface area (Å²) in [6.07, 6.45) is 33.6. The van der Waals surface area contributed by atoms with Crippen LogP contribution in [0.4, 0.5) is 0 Å². The van der Waals surface area contributed by atoms with Crippen molar-refractivity contribution in [3.8, 4) is 0 Å². The van der Waals surface area contributed by atoms with Crippen LogP contribution >= 0.6 is 15.6 Å². The lowest BCUT2D eigenvalue weighted by molar-refractivity contribution is -0.161. The summed E-state index contributed by atoms with van der Waals surface area (Å²) < 4.78 is 68.0. The zero-order valence-electron chi connectivity index (χ0n) is 53.8. The van der Waals surface area contributed by atoms with Crippen LogP contribution in [0.25, 0.3) is 0 Å². The molecule has 3 unspecified atom stereocenters. The number of carbonyl (C=O) groups excluding carboxylic acids is 4. The molecule has 0 aliphatic carbocycles. The van der Waals surface area contributed by atoms with Crippen molar-refractivity contribution in [3.05, 3.63) is 0 Å². The van der Waals surface area contributed by atoms with Crippen LogP contribution in [0.3, 0.4) is 0 Å². The minimum absolute atomic E-state index is 0.103. The summed E-state index contributed by atoms with van der Waals surface area (Å²) in [6, 6.07) is 0. The van der Waals surface area contributed by atoms with Gasteiger partial charge >= 0.3 is 39.5 Å². The highest BCUT2D eigenvalue weighted by molar-refractivity contribution is 7.47. The van der Waals surface area contributed by atoms with Crippen LogP contribution in [0.2, 0.25) is 0 Å². The van der Waals surface area contributed by atoms with Crippen molar-refractivity contribution in [2.75, 3.05) is 39.6 Å². The molecule has 0 aromatic carbocycles. The second-order valence-corrected chi connectivity index (χ2v) is 27.7. The number of hydrogen-bond acceptors (Lipinski definition) is 15. The largest absolute Gasteiger partial charge is 0.472 e. The molecule has 0 bridgehead atoms. The van der Waals surface area contributed by atoms with Crippen molar-refractivity contribution < 1.29 is 80.2 Å². The van der Waals surface area contributed by atoms with Crippen molar-refractivity contribution in [2.24, 2.45) is 23.7 Å². The lowest BCUT2D eigenvalue weighted by Crippen LogP contribution is -2.30. The summed E-state index contributed by atoms with van der Waals surface area (Å²) in [6.45, 7) is 13.9. The maximum Gasteiger partial charge on any atom is 0.472 e. The Morgan fingerprint density at radius 3 is 0.855 bits per heavy atom. The first-order valence-electron chi connectivity index (χ1n) is 33.2. The summed E-state index contributed by atoms with van der Waals surface area (Å²) >= 11 is 0. The van der Waals surface area contributed by atoms with Crippen molar-refractivity contribution >= 4 is 39.5 Å². The summed E-state index contributed by atoms with van der Waals surface area (Å²) in [4.78, 5) is 72.2. The van der Waals surface area contributed by atoms with Crippen LogP contribution in [-0.4, -0.2) is 96.7 Å². The number of aliphatic hydroxyl groups is 1. The Labute approximate surface area is 505 Å². The van der Waals surface area contributed by atoms with Gasteiger partial charge in [0.05, 0.1) is 26.4 Å². The number of hydrogen-bond donors (Lipinski definition) is 3. The fourth-order valence-corrected chi connectivity index (χ4v) is 11.0. The topological polar surface area (TPSA) is 237 Å². The Balaban J connectivity index is 5.26. The van der Waals surface area contributed by atoms with Crippen LogP contribution < -0.4 is 0 Å². The number of phosphoric acid groups is 2. The van der Waals surface area contributed by atoms with E-state index in [1.807, 2.05) is 0 Å². The highest BCUT2D eigenvalue weighted by atomic mass is 31.2. The third-order valence-corrected chi connectivity index (χ3v) is 16.8. The summed E-state index contributed by atoms with van der Waals surface area (Å²) in [5, 5.41) is 10.5. The van der Waals surface area contributed by atoms with E-state index in [9.17, 15) is 43.2 Å². The fourth-order valence-electron chi connectivity index (χ4n) is 9.40. The number of carbonyl (C=O) groups is 4. The number of rotatable bonds is 61. The zero-order valence-corrected chi connectivity index (χ0v) is 55.6. The van der Waals surface area contributed by atoms with Crippen LogP contribution in [0.5, 0.6) is 0 Å². The molecule has 0 rings (SSSR count). The Bertz CT molecular complexity index is 1660. The Morgan fingerprint density at radius 2 is 0.578 bits per heavy atom. The number of esters is 4. The molecule has 17 nitrogen and oxygen atoms in total. The molecule has 0 radical (unpaired) electrons. The average molecular weight is 1230 g/mol. The maximum absolute atomic E-state index is 13.0. The number of ether oxygens (including phenoxy) is 4. The quantitative estimate of drug-likeness (QED) is 0.0222. The van der Waals surface area contributed by atoms with Gasteiger partial charge in [0.25, 0.3) is 0 Å². The lowest BCUT2D eigenvalue weighted by atomic mass is 10.00. The summed E-state index contributed by atoms with van der Waals surface area (Å²) in [7, 11) is -9.89. The monoisotopic (exact) mass is 1230 g/mol. The molecule has 0 heterocycles. The first-order chi connectivity index (χ1) is 39.6. The van der Waals surface area contributed by atoms with Gasteiger partial charge in [-0.05, 0) is 49.4 Å². The van der Waals surface area contributed by atoms with Gasteiger partial charge in [0.2, 0.25) is 0 Å². The average Bonchev–Trinajstić information content (AvgIpc) is 3.47. The van der Waals surface area contributed by atoms with Gasteiger partial charge in [-0.3, -0.25) is 37.3 Å². The molecule has 0 aliphatic rings. The summed E-state index contributed by atoms with van der Waals surface area (Å²) in [5.41, 5.74) is 0. The molecule has 0 fully saturated rings. The molecular weight excluding hydrogens is 1100 g/mol. The van der Waals surface area contributed by atoms with Crippen LogP contribution in [-0.2, 0) is 65.4 Å². The van der Waals surface area contributed by atoms with Crippen molar-refractivity contribution in [2.45, 2.75) is 324 Å². The van der Waals surface area contributed by atoms with Gasteiger partial charge in [0.15, 0.2) is 12.2 Å². The van der Waals surface area contributed by atoms with E-state index in [4.69, 9.17) is 37.0 Å². The van der Waals surface area contributed by atoms with Crippen LogP contribution in [0.1, 0.15) is 306 Å². The van der Waals surface area contributed by atoms with E-state index in [-0.39, 0.29) is 25.7 Å². The SMILES string of the molecule is CCC(C)CCCCCCCCC(=O)OC[C@H](COP(=O)(O)OC[C@H](O)COP(=O)(O)OC[C@@H](COC(=O)CCCCCCCCCC(C)C)OC(=O)CCCCCCCCCCCC(C)C)OC(=O)CCCCCCCCCCC(C)C. The number of aliphatic hydroxyl groups excluding tert-OH is 1. The third-order valence-electron chi connectivity index (χ3n) is 14.9. The smallest absolute Gasteiger partial charge is 0.462 e. The van der Waals surface area contributed by atoms with Crippen molar-refractivity contribution in [3.63, 3.8) is 0 Å². The summed E-state index contributed by atoms with van der Waals surface area (Å²) in [5.74, 6) is 0.749. The zero-order chi connectivity index (χ0) is 61.8. The molecule has 0 aromatic rings. The molecule has 0 saturated heterocycles. The van der Waals surface area contributed by atoms with Crippen molar-refractivity contribution in [1.29, 1.82) is 0 Å². The van der Waals surface area contributed by atoms with Gasteiger partial charge in [0, 0.05) is 25.7 Å². The highest BCUT2D eigenvalue weighted by Crippen LogP contribution is 2.45. The molecule has 3 N–H and O–H groups in total.